The molecule has 1 aliphatic rings. The first-order valence-electron chi connectivity index (χ1n) is 13.8. The molecule has 1 aliphatic carbocycles. The van der Waals surface area contributed by atoms with Crippen molar-refractivity contribution in [2.24, 2.45) is 0 Å². The number of likely N-dealkylation sites (N-methyl/N-ethyl adjacent to an activating group) is 1. The van der Waals surface area contributed by atoms with Crippen LogP contribution in [0.15, 0.2) is 41.3 Å². The van der Waals surface area contributed by atoms with Crippen LogP contribution in [0, 0.1) is 17.5 Å². The molecule has 0 radical (unpaired) electrons. The van der Waals surface area contributed by atoms with Crippen LogP contribution in [0.3, 0.4) is 0 Å². The summed E-state index contributed by atoms with van der Waals surface area (Å²) in [5.41, 5.74) is -0.222. The molecular formula is C29H40ClF3N2O4S. The molecule has 1 saturated carbocycles. The fraction of sp³-hybridized carbons (Fsp3) is 0.586. The van der Waals surface area contributed by atoms with Gasteiger partial charge in [-0.1, -0.05) is 24.4 Å². The monoisotopic (exact) mass is 604 g/mol. The summed E-state index contributed by atoms with van der Waals surface area (Å²) < 4.78 is 81.6. The number of halogens is 4. The van der Waals surface area contributed by atoms with E-state index in [9.17, 15) is 21.6 Å². The minimum atomic E-state index is -4.07. The van der Waals surface area contributed by atoms with E-state index in [1.165, 1.54) is 28.6 Å². The molecule has 0 atom stereocenters. The number of sulfonamides is 1. The summed E-state index contributed by atoms with van der Waals surface area (Å²) in [6.45, 7) is 2.94. The van der Waals surface area contributed by atoms with Gasteiger partial charge in [0.15, 0.2) is 11.6 Å². The van der Waals surface area contributed by atoms with Crippen molar-refractivity contribution in [3.8, 4) is 0 Å². The largest absolute Gasteiger partial charge is 0.383 e. The van der Waals surface area contributed by atoms with E-state index in [0.29, 0.717) is 43.4 Å². The van der Waals surface area contributed by atoms with Gasteiger partial charge in [0.1, 0.15) is 5.82 Å². The van der Waals surface area contributed by atoms with Crippen molar-refractivity contribution in [1.29, 1.82) is 0 Å². The summed E-state index contributed by atoms with van der Waals surface area (Å²) in [6, 6.07) is 6.44. The van der Waals surface area contributed by atoms with E-state index in [1.54, 1.807) is 7.11 Å². The molecule has 0 aromatic heterocycles. The second-order valence-corrected chi connectivity index (χ2v) is 12.7. The number of benzene rings is 2. The number of ether oxygens (including phenoxy) is 2. The topological polar surface area (TPSA) is 59.1 Å². The molecule has 0 bridgehead atoms. The third kappa shape index (κ3) is 9.70. The lowest BCUT2D eigenvalue weighted by molar-refractivity contribution is 0.0135. The Bertz CT molecular complexity index is 1160. The van der Waals surface area contributed by atoms with Gasteiger partial charge in [-0.3, -0.25) is 0 Å². The summed E-state index contributed by atoms with van der Waals surface area (Å²) in [5.74, 6) is -3.54. The van der Waals surface area contributed by atoms with Crippen molar-refractivity contribution in [1.82, 2.24) is 9.21 Å². The SMILES string of the molecule is COCCN(C)CCCCCCO[C@H]1CC[C@H](N(Cc2cc(F)c(F)cc2F)S(=O)(=O)c2ccc(Cl)cc2)CC1. The molecule has 0 unspecified atom stereocenters. The maximum absolute atomic E-state index is 14.5. The van der Waals surface area contributed by atoms with Gasteiger partial charge < -0.3 is 14.4 Å². The van der Waals surface area contributed by atoms with Gasteiger partial charge in [-0.25, -0.2) is 21.6 Å². The van der Waals surface area contributed by atoms with Crippen LogP contribution in [-0.2, 0) is 26.0 Å². The number of hydrogen-bond donors (Lipinski definition) is 0. The Kier molecular flexibility index (Phi) is 13.2. The minimum Gasteiger partial charge on any atom is -0.383 e. The quantitative estimate of drug-likeness (QED) is 0.164. The molecule has 0 N–H and O–H groups in total. The number of nitrogens with zero attached hydrogens (tertiary/aromatic N) is 2. The highest BCUT2D eigenvalue weighted by Crippen LogP contribution is 2.32. The molecule has 3 rings (SSSR count). The summed E-state index contributed by atoms with van der Waals surface area (Å²) >= 11 is 5.94. The molecule has 0 heterocycles. The molecule has 6 nitrogen and oxygen atoms in total. The first kappa shape index (κ1) is 32.8. The fourth-order valence-electron chi connectivity index (χ4n) is 4.95. The maximum Gasteiger partial charge on any atom is 0.243 e. The van der Waals surface area contributed by atoms with E-state index < -0.39 is 40.1 Å². The molecule has 40 heavy (non-hydrogen) atoms. The third-order valence-corrected chi connectivity index (χ3v) is 9.52. The van der Waals surface area contributed by atoms with Crippen LogP contribution < -0.4 is 0 Å². The van der Waals surface area contributed by atoms with Gasteiger partial charge in [-0.05, 0) is 82.4 Å². The van der Waals surface area contributed by atoms with Crippen LogP contribution in [-0.4, -0.2) is 70.2 Å². The normalized spacial score (nSPS) is 18.1. The fourth-order valence-corrected chi connectivity index (χ4v) is 6.74. The molecule has 2 aromatic carbocycles. The molecular weight excluding hydrogens is 565 g/mol. The van der Waals surface area contributed by atoms with Gasteiger partial charge in [0, 0.05) is 49.5 Å². The van der Waals surface area contributed by atoms with E-state index in [0.717, 1.165) is 51.4 Å². The second kappa shape index (κ2) is 16.1. The zero-order valence-electron chi connectivity index (χ0n) is 23.3. The maximum atomic E-state index is 14.5. The molecule has 0 spiro atoms. The molecule has 1 fully saturated rings. The zero-order valence-corrected chi connectivity index (χ0v) is 24.8. The number of methoxy groups -OCH3 is 1. The minimum absolute atomic E-state index is 0.00292. The Morgan fingerprint density at radius 3 is 2.20 bits per heavy atom. The van der Waals surface area contributed by atoms with Gasteiger partial charge in [-0.2, -0.15) is 4.31 Å². The predicted octanol–water partition coefficient (Wildman–Crippen LogP) is 6.41. The van der Waals surface area contributed by atoms with Crippen LogP contribution >= 0.6 is 11.6 Å². The molecule has 0 amide bonds. The van der Waals surface area contributed by atoms with Crippen molar-refractivity contribution in [2.75, 3.05) is 40.5 Å². The Labute approximate surface area is 241 Å². The van der Waals surface area contributed by atoms with Crippen LogP contribution in [0.4, 0.5) is 13.2 Å². The van der Waals surface area contributed by atoms with Crippen molar-refractivity contribution in [3.05, 3.63) is 64.4 Å². The predicted molar refractivity (Wildman–Crippen MR) is 150 cm³/mol. The van der Waals surface area contributed by atoms with Crippen LogP contribution in [0.25, 0.3) is 0 Å². The highest BCUT2D eigenvalue weighted by Gasteiger charge is 2.35. The summed E-state index contributed by atoms with van der Waals surface area (Å²) in [6.07, 6.45) is 6.66. The van der Waals surface area contributed by atoms with Crippen LogP contribution in [0.5, 0.6) is 0 Å². The standard InChI is InChI=1S/C29H40ClF3N2O4S/c1-34(16-18-38-2)15-5-3-4-6-17-39-25-11-9-24(10-12-25)35(21-22-19-28(32)29(33)20-27(22)31)40(36,37)26-13-7-23(30)8-14-26/h7-8,13-14,19-20,24-25H,3-6,9-12,15-18,21H2,1-2H3/t24-,25-. The summed E-state index contributed by atoms with van der Waals surface area (Å²) in [7, 11) is -0.276. The zero-order chi connectivity index (χ0) is 29.1. The Balaban J connectivity index is 1.55. The lowest BCUT2D eigenvalue weighted by Crippen LogP contribution is -2.43. The molecule has 2 aromatic rings. The van der Waals surface area contributed by atoms with Crippen molar-refractivity contribution >= 4 is 21.6 Å². The van der Waals surface area contributed by atoms with Gasteiger partial charge in [0.05, 0.1) is 17.6 Å². The Morgan fingerprint density at radius 1 is 0.875 bits per heavy atom. The second-order valence-electron chi connectivity index (χ2n) is 10.4. The van der Waals surface area contributed by atoms with E-state index in [1.807, 2.05) is 0 Å². The Hall–Kier alpha value is -1.69. The van der Waals surface area contributed by atoms with Gasteiger partial charge >= 0.3 is 0 Å². The first-order chi connectivity index (χ1) is 19.1. The van der Waals surface area contributed by atoms with Crippen LogP contribution in [0.2, 0.25) is 5.02 Å². The van der Waals surface area contributed by atoms with Crippen molar-refractivity contribution < 1.29 is 31.1 Å². The third-order valence-electron chi connectivity index (χ3n) is 7.35. The average Bonchev–Trinajstić information content (AvgIpc) is 2.93. The van der Waals surface area contributed by atoms with Crippen molar-refractivity contribution in [2.45, 2.75) is 75.0 Å². The molecule has 0 aliphatic heterocycles. The first-order valence-corrected chi connectivity index (χ1v) is 15.6. The number of unbranched alkanes of at least 4 members (excludes halogenated alkanes) is 3. The van der Waals surface area contributed by atoms with Gasteiger partial charge in [0.2, 0.25) is 10.0 Å². The molecule has 0 saturated heterocycles. The Morgan fingerprint density at radius 2 is 1.52 bits per heavy atom. The highest BCUT2D eigenvalue weighted by molar-refractivity contribution is 7.89. The van der Waals surface area contributed by atoms with E-state index in [-0.39, 0.29) is 16.6 Å². The van der Waals surface area contributed by atoms with E-state index >= 15 is 0 Å². The lowest BCUT2D eigenvalue weighted by Gasteiger charge is -2.36. The smallest absolute Gasteiger partial charge is 0.243 e. The van der Waals surface area contributed by atoms with E-state index in [4.69, 9.17) is 21.1 Å². The van der Waals surface area contributed by atoms with Crippen LogP contribution in [0.1, 0.15) is 56.9 Å². The van der Waals surface area contributed by atoms with E-state index in [2.05, 4.69) is 11.9 Å². The van der Waals surface area contributed by atoms with Crippen molar-refractivity contribution in [3.63, 3.8) is 0 Å². The average molecular weight is 605 g/mol. The number of rotatable bonds is 16. The summed E-state index contributed by atoms with van der Waals surface area (Å²) in [4.78, 5) is 2.26. The summed E-state index contributed by atoms with van der Waals surface area (Å²) in [5, 5.41) is 0.379. The molecule has 224 valence electrons. The van der Waals surface area contributed by atoms with Gasteiger partial charge in [-0.15, -0.1) is 0 Å². The highest BCUT2D eigenvalue weighted by atomic mass is 35.5. The lowest BCUT2D eigenvalue weighted by atomic mass is 9.92. The number of hydrogen-bond acceptors (Lipinski definition) is 5. The van der Waals surface area contributed by atoms with Gasteiger partial charge in [0.25, 0.3) is 0 Å². The molecule has 11 heteroatoms.